The molecule has 4 nitrogen and oxygen atoms in total. The second kappa shape index (κ2) is 5.06. The molecule has 1 aromatic carbocycles. The van der Waals surface area contributed by atoms with Crippen LogP contribution < -0.4 is 4.74 Å². The molecule has 1 aromatic rings. The van der Waals surface area contributed by atoms with Gasteiger partial charge in [0.05, 0.1) is 13.2 Å². The maximum atomic E-state index is 11.3. The highest BCUT2D eigenvalue weighted by Crippen LogP contribution is 2.34. The summed E-state index contributed by atoms with van der Waals surface area (Å²) in [6, 6.07) is 5.22. The van der Waals surface area contributed by atoms with Crippen molar-refractivity contribution in [2.24, 2.45) is 0 Å². The predicted molar refractivity (Wildman–Crippen MR) is 64.8 cm³/mol. The minimum absolute atomic E-state index is 0.208. The Morgan fingerprint density at radius 3 is 2.82 bits per heavy atom. The first-order valence-electron chi connectivity index (χ1n) is 5.34. The first-order chi connectivity index (χ1) is 8.11. The minimum Gasteiger partial charge on any atom is -0.490 e. The number of ether oxygens (including phenoxy) is 2. The zero-order valence-corrected chi connectivity index (χ0v) is 10.9. The first kappa shape index (κ1) is 12.4. The van der Waals surface area contributed by atoms with Gasteiger partial charge in [-0.2, -0.15) is 0 Å². The normalized spacial score (nSPS) is 16.4. The van der Waals surface area contributed by atoms with Crippen LogP contribution in [-0.2, 0) is 9.53 Å². The maximum Gasteiger partial charge on any atom is 0.339 e. The third kappa shape index (κ3) is 2.98. The standard InChI is InChI=1S/C12H13BrO4/c1-16-12(15)11(14)9-6-7(13)2-5-10(9)17-8-3-4-8/h2,5-6,8,11,14H,3-4H2,1H3. The van der Waals surface area contributed by atoms with Crippen molar-refractivity contribution in [2.45, 2.75) is 25.0 Å². The van der Waals surface area contributed by atoms with Crippen LogP contribution in [0.4, 0.5) is 0 Å². The van der Waals surface area contributed by atoms with Crippen LogP contribution >= 0.6 is 15.9 Å². The summed E-state index contributed by atoms with van der Waals surface area (Å²) in [5.41, 5.74) is 0.429. The molecule has 1 N–H and O–H groups in total. The maximum absolute atomic E-state index is 11.3. The second-order valence-corrected chi connectivity index (χ2v) is 4.84. The Morgan fingerprint density at radius 1 is 1.53 bits per heavy atom. The van der Waals surface area contributed by atoms with Crippen molar-refractivity contribution in [2.75, 3.05) is 7.11 Å². The van der Waals surface area contributed by atoms with E-state index in [-0.39, 0.29) is 6.10 Å². The van der Waals surface area contributed by atoms with Crippen molar-refractivity contribution >= 4 is 21.9 Å². The molecule has 0 saturated heterocycles. The molecule has 1 unspecified atom stereocenters. The van der Waals surface area contributed by atoms with E-state index in [2.05, 4.69) is 20.7 Å². The van der Waals surface area contributed by atoms with Gasteiger partial charge in [-0.1, -0.05) is 15.9 Å². The molecule has 0 bridgehead atoms. The van der Waals surface area contributed by atoms with Crippen molar-refractivity contribution in [3.63, 3.8) is 0 Å². The molecular weight excluding hydrogens is 288 g/mol. The van der Waals surface area contributed by atoms with Gasteiger partial charge in [-0.15, -0.1) is 0 Å². The summed E-state index contributed by atoms with van der Waals surface area (Å²) in [6.45, 7) is 0. The fourth-order valence-electron chi connectivity index (χ4n) is 1.44. The predicted octanol–water partition coefficient (Wildman–Crippen LogP) is 2.20. The van der Waals surface area contributed by atoms with Crippen LogP contribution in [0.1, 0.15) is 24.5 Å². The monoisotopic (exact) mass is 300 g/mol. The summed E-state index contributed by atoms with van der Waals surface area (Å²) in [5.74, 6) is -0.155. The van der Waals surface area contributed by atoms with Gasteiger partial charge in [0, 0.05) is 10.0 Å². The molecule has 0 spiro atoms. The highest BCUT2D eigenvalue weighted by molar-refractivity contribution is 9.10. The SMILES string of the molecule is COC(=O)C(O)c1cc(Br)ccc1OC1CC1. The average Bonchev–Trinajstić information content (AvgIpc) is 3.13. The second-order valence-electron chi connectivity index (χ2n) is 3.93. The van der Waals surface area contributed by atoms with Crippen LogP contribution in [0.25, 0.3) is 0 Å². The highest BCUT2D eigenvalue weighted by atomic mass is 79.9. The molecule has 17 heavy (non-hydrogen) atoms. The fourth-order valence-corrected chi connectivity index (χ4v) is 1.82. The number of hydrogen-bond acceptors (Lipinski definition) is 4. The van der Waals surface area contributed by atoms with E-state index in [9.17, 15) is 9.90 Å². The van der Waals surface area contributed by atoms with Crippen LogP contribution in [-0.4, -0.2) is 24.3 Å². The fraction of sp³-hybridized carbons (Fsp3) is 0.417. The van der Waals surface area contributed by atoms with Gasteiger partial charge in [0.2, 0.25) is 0 Å². The zero-order valence-electron chi connectivity index (χ0n) is 9.35. The third-order valence-corrected chi connectivity index (χ3v) is 3.00. The van der Waals surface area contributed by atoms with Gasteiger partial charge in [-0.3, -0.25) is 0 Å². The van der Waals surface area contributed by atoms with Crippen molar-refractivity contribution in [3.05, 3.63) is 28.2 Å². The van der Waals surface area contributed by atoms with Crippen molar-refractivity contribution in [1.29, 1.82) is 0 Å². The van der Waals surface area contributed by atoms with E-state index in [1.807, 2.05) is 6.07 Å². The summed E-state index contributed by atoms with van der Waals surface area (Å²) < 4.78 is 10.9. The molecule has 1 aliphatic rings. The summed E-state index contributed by atoms with van der Waals surface area (Å²) in [4.78, 5) is 11.3. The number of aliphatic hydroxyl groups is 1. The third-order valence-electron chi connectivity index (χ3n) is 2.51. The van der Waals surface area contributed by atoms with E-state index in [0.29, 0.717) is 11.3 Å². The molecule has 0 amide bonds. The molecule has 1 saturated carbocycles. The Balaban J connectivity index is 2.27. The largest absolute Gasteiger partial charge is 0.490 e. The number of aliphatic hydroxyl groups excluding tert-OH is 1. The summed E-state index contributed by atoms with van der Waals surface area (Å²) in [7, 11) is 1.24. The number of benzene rings is 1. The van der Waals surface area contributed by atoms with Gasteiger partial charge < -0.3 is 14.6 Å². The summed E-state index contributed by atoms with van der Waals surface area (Å²) in [5, 5.41) is 9.85. The Labute approximate surface area is 108 Å². The van der Waals surface area contributed by atoms with Gasteiger partial charge in [0.25, 0.3) is 0 Å². The van der Waals surface area contributed by atoms with Crippen molar-refractivity contribution < 1.29 is 19.4 Å². The van der Waals surface area contributed by atoms with Gasteiger partial charge >= 0.3 is 5.97 Å². The molecule has 92 valence electrons. The van der Waals surface area contributed by atoms with Crippen molar-refractivity contribution in [1.82, 2.24) is 0 Å². The Kier molecular flexibility index (Phi) is 3.69. The minimum atomic E-state index is -1.31. The van der Waals surface area contributed by atoms with Crippen LogP contribution in [0.3, 0.4) is 0 Å². The lowest BCUT2D eigenvalue weighted by Crippen LogP contribution is -2.15. The molecule has 2 rings (SSSR count). The Hall–Kier alpha value is -1.07. The molecular formula is C12H13BrO4. The number of hydrogen-bond donors (Lipinski definition) is 1. The van der Waals surface area contributed by atoms with E-state index in [1.54, 1.807) is 12.1 Å². The summed E-state index contributed by atoms with van der Waals surface area (Å²) in [6.07, 6.45) is 0.930. The number of methoxy groups -OCH3 is 1. The van der Waals surface area contributed by atoms with Gasteiger partial charge in [0.1, 0.15) is 5.75 Å². The zero-order chi connectivity index (χ0) is 12.4. The van der Waals surface area contributed by atoms with Crippen LogP contribution in [0.2, 0.25) is 0 Å². The van der Waals surface area contributed by atoms with E-state index in [0.717, 1.165) is 17.3 Å². The first-order valence-corrected chi connectivity index (χ1v) is 6.13. The molecule has 1 aliphatic carbocycles. The lowest BCUT2D eigenvalue weighted by Gasteiger charge is -2.14. The lowest BCUT2D eigenvalue weighted by atomic mass is 10.1. The molecule has 0 aliphatic heterocycles. The number of esters is 1. The van der Waals surface area contributed by atoms with Gasteiger partial charge in [-0.05, 0) is 31.0 Å². The van der Waals surface area contributed by atoms with E-state index >= 15 is 0 Å². The highest BCUT2D eigenvalue weighted by Gasteiger charge is 2.28. The molecule has 0 heterocycles. The van der Waals surface area contributed by atoms with Gasteiger partial charge in [0.15, 0.2) is 6.10 Å². The number of carbonyl (C=O) groups excluding carboxylic acids is 1. The van der Waals surface area contributed by atoms with Crippen LogP contribution in [0.5, 0.6) is 5.75 Å². The molecule has 5 heteroatoms. The Bertz CT molecular complexity index is 429. The molecule has 1 atom stereocenters. The van der Waals surface area contributed by atoms with Crippen molar-refractivity contribution in [3.8, 4) is 5.75 Å². The smallest absolute Gasteiger partial charge is 0.339 e. The number of rotatable bonds is 4. The quantitative estimate of drug-likeness (QED) is 0.866. The number of carbonyl (C=O) groups is 1. The topological polar surface area (TPSA) is 55.8 Å². The average molecular weight is 301 g/mol. The van der Waals surface area contributed by atoms with E-state index in [4.69, 9.17) is 4.74 Å². The summed E-state index contributed by atoms with van der Waals surface area (Å²) >= 11 is 3.30. The molecule has 0 aromatic heterocycles. The lowest BCUT2D eigenvalue weighted by molar-refractivity contribution is -0.150. The molecule has 1 fully saturated rings. The van der Waals surface area contributed by atoms with Crippen LogP contribution in [0.15, 0.2) is 22.7 Å². The van der Waals surface area contributed by atoms with Gasteiger partial charge in [-0.25, -0.2) is 4.79 Å². The number of halogens is 1. The Morgan fingerprint density at radius 2 is 2.24 bits per heavy atom. The van der Waals surface area contributed by atoms with Crippen LogP contribution in [0, 0.1) is 0 Å². The van der Waals surface area contributed by atoms with E-state index < -0.39 is 12.1 Å². The molecule has 0 radical (unpaired) electrons. The van der Waals surface area contributed by atoms with E-state index in [1.165, 1.54) is 7.11 Å².